The maximum Gasteiger partial charge on any atom is 0.226 e. The Morgan fingerprint density at radius 1 is 1.47 bits per heavy atom. The van der Waals surface area contributed by atoms with Gasteiger partial charge in [-0.15, -0.1) is 11.3 Å². The quantitative estimate of drug-likeness (QED) is 0.873. The average Bonchev–Trinajstić information content (AvgIpc) is 2.89. The zero-order valence-corrected chi connectivity index (χ0v) is 12.3. The van der Waals surface area contributed by atoms with E-state index in [9.17, 15) is 4.79 Å². The van der Waals surface area contributed by atoms with Gasteiger partial charge in [-0.1, -0.05) is 6.92 Å². The summed E-state index contributed by atoms with van der Waals surface area (Å²) in [5.74, 6) is 0.248. The van der Waals surface area contributed by atoms with Crippen LogP contribution in [0.4, 0.5) is 0 Å². The van der Waals surface area contributed by atoms with Gasteiger partial charge in [-0.3, -0.25) is 4.79 Å². The number of nitrogens with one attached hydrogen (secondary N) is 2. The minimum absolute atomic E-state index is 0.182. The molecule has 0 spiro atoms. The molecular weight excluding hydrogens is 256 g/mol. The van der Waals surface area contributed by atoms with Gasteiger partial charge in [0, 0.05) is 10.3 Å². The molecule has 0 radical (unpaired) electrons. The Morgan fingerprint density at radius 3 is 3.05 bits per heavy atom. The van der Waals surface area contributed by atoms with E-state index in [2.05, 4.69) is 29.0 Å². The van der Waals surface area contributed by atoms with Gasteiger partial charge in [-0.05, 0) is 62.2 Å². The number of amides is 1. The molecule has 0 saturated carbocycles. The molecule has 4 heteroatoms. The van der Waals surface area contributed by atoms with Crippen molar-refractivity contribution in [1.82, 2.24) is 10.6 Å². The molecule has 1 aromatic heterocycles. The topological polar surface area (TPSA) is 41.1 Å². The molecule has 1 amide bonds. The average molecular weight is 278 g/mol. The number of carbonyl (C=O) groups is 1. The molecule has 1 saturated heterocycles. The molecule has 2 N–H and O–H groups in total. The molecule has 1 unspecified atom stereocenters. The molecule has 1 atom stereocenters. The van der Waals surface area contributed by atoms with Crippen LogP contribution in [0.15, 0.2) is 11.4 Å². The molecule has 1 aliphatic heterocycles. The Kier molecular flexibility index (Phi) is 3.63. The monoisotopic (exact) mass is 278 g/mol. The second-order valence-corrected chi connectivity index (χ2v) is 7.03. The number of aryl methyl sites for hydroxylation is 1. The van der Waals surface area contributed by atoms with Crippen LogP contribution in [-0.2, 0) is 11.2 Å². The van der Waals surface area contributed by atoms with Crippen LogP contribution in [0.1, 0.15) is 49.1 Å². The van der Waals surface area contributed by atoms with E-state index in [4.69, 9.17) is 0 Å². The standard InChI is InChI=1S/C15H22N2OS/c1-15(6-8-16-9-7-15)14(18)17-12-3-2-4-13-11(12)5-10-19-13/h5,10,12,16H,2-4,6-9H2,1H3,(H,17,18). The van der Waals surface area contributed by atoms with Crippen molar-refractivity contribution < 1.29 is 4.79 Å². The second-order valence-electron chi connectivity index (χ2n) is 6.03. The Morgan fingerprint density at radius 2 is 2.26 bits per heavy atom. The fraction of sp³-hybridized carbons (Fsp3) is 0.667. The lowest BCUT2D eigenvalue weighted by Crippen LogP contribution is -2.47. The number of fused-ring (bicyclic) bond motifs is 1. The van der Waals surface area contributed by atoms with E-state index >= 15 is 0 Å². The summed E-state index contributed by atoms with van der Waals surface area (Å²) >= 11 is 1.83. The predicted molar refractivity (Wildman–Crippen MR) is 78.4 cm³/mol. The zero-order chi connectivity index (χ0) is 13.3. The highest BCUT2D eigenvalue weighted by molar-refractivity contribution is 7.10. The molecule has 104 valence electrons. The lowest BCUT2D eigenvalue weighted by molar-refractivity contribution is -0.132. The van der Waals surface area contributed by atoms with Crippen LogP contribution < -0.4 is 10.6 Å². The number of thiophene rings is 1. The maximum atomic E-state index is 12.6. The van der Waals surface area contributed by atoms with Crippen LogP contribution in [0.25, 0.3) is 0 Å². The van der Waals surface area contributed by atoms with Crippen molar-refractivity contribution in [3.05, 3.63) is 21.9 Å². The summed E-state index contributed by atoms with van der Waals surface area (Å²) in [7, 11) is 0. The third-order valence-corrected chi connectivity index (χ3v) is 5.61. The second kappa shape index (κ2) is 5.25. The van der Waals surface area contributed by atoms with Gasteiger partial charge >= 0.3 is 0 Å². The third kappa shape index (κ3) is 2.56. The van der Waals surface area contributed by atoms with E-state index in [1.807, 2.05) is 11.3 Å². The fourth-order valence-corrected chi connectivity index (χ4v) is 4.16. The van der Waals surface area contributed by atoms with Crippen LogP contribution in [0.3, 0.4) is 0 Å². The van der Waals surface area contributed by atoms with Crippen molar-refractivity contribution >= 4 is 17.2 Å². The van der Waals surface area contributed by atoms with Gasteiger partial charge in [0.1, 0.15) is 0 Å². The number of piperidine rings is 1. The zero-order valence-electron chi connectivity index (χ0n) is 11.5. The molecule has 1 aliphatic carbocycles. The normalized spacial score (nSPS) is 25.6. The summed E-state index contributed by atoms with van der Waals surface area (Å²) in [6.07, 6.45) is 5.35. The van der Waals surface area contributed by atoms with Crippen LogP contribution in [0.2, 0.25) is 0 Å². The minimum atomic E-state index is -0.182. The van der Waals surface area contributed by atoms with Crippen molar-refractivity contribution in [3.63, 3.8) is 0 Å². The Hall–Kier alpha value is -0.870. The molecule has 19 heavy (non-hydrogen) atoms. The summed E-state index contributed by atoms with van der Waals surface area (Å²) < 4.78 is 0. The van der Waals surface area contributed by atoms with Gasteiger partial charge in [0.15, 0.2) is 0 Å². The summed E-state index contributed by atoms with van der Waals surface area (Å²) in [6.45, 7) is 4.02. The largest absolute Gasteiger partial charge is 0.349 e. The molecule has 2 heterocycles. The molecule has 1 fully saturated rings. The molecule has 3 nitrogen and oxygen atoms in total. The van der Waals surface area contributed by atoms with Crippen molar-refractivity contribution in [1.29, 1.82) is 0 Å². The molecule has 3 rings (SSSR count). The number of carbonyl (C=O) groups excluding carboxylic acids is 1. The highest BCUT2D eigenvalue weighted by Gasteiger charge is 2.36. The highest BCUT2D eigenvalue weighted by atomic mass is 32.1. The van der Waals surface area contributed by atoms with Gasteiger partial charge in [0.2, 0.25) is 5.91 Å². The van der Waals surface area contributed by atoms with E-state index in [0.29, 0.717) is 0 Å². The Balaban J connectivity index is 1.71. The Labute approximate surface area is 118 Å². The number of hydrogen-bond donors (Lipinski definition) is 2. The number of rotatable bonds is 2. The van der Waals surface area contributed by atoms with Gasteiger partial charge in [-0.25, -0.2) is 0 Å². The molecule has 0 aromatic carbocycles. The van der Waals surface area contributed by atoms with E-state index < -0.39 is 0 Å². The van der Waals surface area contributed by atoms with E-state index in [1.54, 1.807) is 0 Å². The van der Waals surface area contributed by atoms with Crippen molar-refractivity contribution in [2.24, 2.45) is 5.41 Å². The highest BCUT2D eigenvalue weighted by Crippen LogP contribution is 2.35. The van der Waals surface area contributed by atoms with E-state index in [1.165, 1.54) is 23.3 Å². The number of hydrogen-bond acceptors (Lipinski definition) is 3. The summed E-state index contributed by atoms with van der Waals surface area (Å²) in [5, 5.41) is 8.80. The molecule has 1 aromatic rings. The Bertz CT molecular complexity index is 462. The van der Waals surface area contributed by atoms with Crippen molar-refractivity contribution in [2.45, 2.75) is 45.1 Å². The fourth-order valence-electron chi connectivity index (χ4n) is 3.17. The van der Waals surface area contributed by atoms with Crippen LogP contribution in [0.5, 0.6) is 0 Å². The predicted octanol–water partition coefficient (Wildman–Crippen LogP) is 2.63. The lowest BCUT2D eigenvalue weighted by Gasteiger charge is -2.35. The van der Waals surface area contributed by atoms with Crippen molar-refractivity contribution in [2.75, 3.05) is 13.1 Å². The van der Waals surface area contributed by atoms with Gasteiger partial charge in [-0.2, -0.15) is 0 Å². The lowest BCUT2D eigenvalue weighted by atomic mass is 9.79. The van der Waals surface area contributed by atoms with Crippen LogP contribution in [-0.4, -0.2) is 19.0 Å². The maximum absolute atomic E-state index is 12.6. The molecular formula is C15H22N2OS. The smallest absolute Gasteiger partial charge is 0.226 e. The van der Waals surface area contributed by atoms with Gasteiger partial charge in [0.05, 0.1) is 6.04 Å². The summed E-state index contributed by atoms with van der Waals surface area (Å²) in [5.41, 5.74) is 1.18. The first kappa shape index (κ1) is 13.1. The van der Waals surface area contributed by atoms with E-state index in [0.717, 1.165) is 32.4 Å². The SMILES string of the molecule is CC1(C(=O)NC2CCCc3sccc32)CCNCC1. The molecule has 2 aliphatic rings. The first-order chi connectivity index (χ1) is 9.19. The van der Waals surface area contributed by atoms with Crippen molar-refractivity contribution in [3.8, 4) is 0 Å². The molecule has 0 bridgehead atoms. The first-order valence-corrected chi connectivity index (χ1v) is 8.15. The van der Waals surface area contributed by atoms with Crippen LogP contribution in [0, 0.1) is 5.41 Å². The first-order valence-electron chi connectivity index (χ1n) is 7.27. The van der Waals surface area contributed by atoms with Crippen LogP contribution >= 0.6 is 11.3 Å². The third-order valence-electron chi connectivity index (χ3n) is 4.61. The summed E-state index contributed by atoms with van der Waals surface area (Å²) in [4.78, 5) is 14.0. The van der Waals surface area contributed by atoms with E-state index in [-0.39, 0.29) is 17.4 Å². The van der Waals surface area contributed by atoms with Gasteiger partial charge < -0.3 is 10.6 Å². The summed E-state index contributed by atoms with van der Waals surface area (Å²) in [6, 6.07) is 2.43. The van der Waals surface area contributed by atoms with Gasteiger partial charge in [0.25, 0.3) is 0 Å². The minimum Gasteiger partial charge on any atom is -0.349 e.